The minimum Gasteiger partial charge on any atom is -0.494 e. The molecule has 0 spiro atoms. The fourth-order valence-electron chi connectivity index (χ4n) is 4.95. The van der Waals surface area contributed by atoms with Crippen LogP contribution in [0, 0.1) is 0 Å². The number of nitrogens with zero attached hydrogens (tertiary/aromatic N) is 1. The summed E-state index contributed by atoms with van der Waals surface area (Å²) >= 11 is 0. The second-order valence-electron chi connectivity index (χ2n) is 12.1. The van der Waals surface area contributed by atoms with Crippen LogP contribution < -0.4 is 15.0 Å². The van der Waals surface area contributed by atoms with Crippen molar-refractivity contribution in [3.8, 4) is 11.5 Å². The van der Waals surface area contributed by atoms with E-state index in [1.165, 1.54) is 23.1 Å². The Morgan fingerprint density at radius 1 is 0.891 bits per heavy atom. The minimum absolute atomic E-state index is 0.00358. The van der Waals surface area contributed by atoms with Gasteiger partial charge < -0.3 is 34.3 Å². The lowest BCUT2D eigenvalue weighted by Crippen LogP contribution is -2.39. The van der Waals surface area contributed by atoms with E-state index in [1.807, 2.05) is 30.3 Å². The maximum atomic E-state index is 13.2. The molecule has 0 bridgehead atoms. The third-order valence-corrected chi connectivity index (χ3v) is 7.20. The van der Waals surface area contributed by atoms with Gasteiger partial charge in [0.15, 0.2) is 0 Å². The van der Waals surface area contributed by atoms with E-state index in [1.54, 1.807) is 51.1 Å². The number of nitrogens with one attached hydrogen (secondary N) is 1. The summed E-state index contributed by atoms with van der Waals surface area (Å²) in [6.07, 6.45) is 1.51. The molecule has 1 unspecified atom stereocenters. The van der Waals surface area contributed by atoms with Crippen molar-refractivity contribution in [1.82, 2.24) is 9.88 Å². The van der Waals surface area contributed by atoms with E-state index in [9.17, 15) is 19.5 Å². The van der Waals surface area contributed by atoms with E-state index in [2.05, 4.69) is 4.98 Å². The van der Waals surface area contributed by atoms with Crippen LogP contribution in [0.3, 0.4) is 0 Å². The molecule has 1 heterocycles. The van der Waals surface area contributed by atoms with Gasteiger partial charge in [0, 0.05) is 18.0 Å². The van der Waals surface area contributed by atoms with E-state index >= 15 is 0 Å². The normalized spacial score (nSPS) is 12.0. The molecule has 4 rings (SSSR count). The summed E-state index contributed by atoms with van der Waals surface area (Å²) in [6, 6.07) is 22.6. The van der Waals surface area contributed by atoms with Gasteiger partial charge in [-0.2, -0.15) is 0 Å². The predicted molar refractivity (Wildman–Crippen MR) is 175 cm³/mol. The molecule has 0 aliphatic rings. The number of aromatic nitrogens is 1. The van der Waals surface area contributed by atoms with Gasteiger partial charge in [-0.25, -0.2) is 9.59 Å². The van der Waals surface area contributed by atoms with Crippen molar-refractivity contribution in [1.29, 1.82) is 0 Å². The van der Waals surface area contributed by atoms with E-state index in [0.29, 0.717) is 54.1 Å². The number of carbonyl (C=O) groups excluding carboxylic acids is 1. The molecule has 10 nitrogen and oxygen atoms in total. The number of aliphatic hydroxyl groups excluding tert-OH is 1. The Hall–Kier alpha value is -4.83. The van der Waals surface area contributed by atoms with Crippen molar-refractivity contribution in [2.45, 2.75) is 64.8 Å². The number of amides is 1. The van der Waals surface area contributed by atoms with Crippen molar-refractivity contribution in [2.24, 2.45) is 0 Å². The maximum Gasteiger partial charge on any atom is 0.410 e. The molecule has 3 N–H and O–H groups in total. The van der Waals surface area contributed by atoms with Gasteiger partial charge in [0.1, 0.15) is 23.7 Å². The Bertz CT molecular complexity index is 1660. The number of pyridine rings is 1. The number of H-pyrrole nitrogens is 1. The summed E-state index contributed by atoms with van der Waals surface area (Å²) < 4.78 is 17.4. The zero-order chi connectivity index (χ0) is 33.1. The summed E-state index contributed by atoms with van der Waals surface area (Å²) in [5, 5.41) is 21.2. The van der Waals surface area contributed by atoms with Crippen molar-refractivity contribution in [2.75, 3.05) is 19.7 Å². The molecule has 0 radical (unpaired) electrons. The molecule has 10 heteroatoms. The van der Waals surface area contributed by atoms with Gasteiger partial charge in [-0.15, -0.1) is 0 Å². The number of rotatable bonds is 15. The van der Waals surface area contributed by atoms with Crippen LogP contribution in [0.4, 0.5) is 4.79 Å². The molecule has 3 aromatic carbocycles. The van der Waals surface area contributed by atoms with Crippen LogP contribution in [-0.2, 0) is 11.3 Å². The average molecular weight is 631 g/mol. The molecule has 46 heavy (non-hydrogen) atoms. The predicted octanol–water partition coefficient (Wildman–Crippen LogP) is 6.72. The number of benzene rings is 3. The van der Waals surface area contributed by atoms with Gasteiger partial charge in [-0.3, -0.25) is 4.79 Å². The van der Waals surface area contributed by atoms with Gasteiger partial charge in [0.25, 0.3) is 0 Å². The van der Waals surface area contributed by atoms with Gasteiger partial charge in [0.05, 0.1) is 30.3 Å². The van der Waals surface area contributed by atoms with Crippen molar-refractivity contribution in [3.05, 3.63) is 106 Å². The van der Waals surface area contributed by atoms with Gasteiger partial charge in [-0.05, 0) is 75.1 Å². The first-order valence-corrected chi connectivity index (χ1v) is 15.4. The first-order valence-electron chi connectivity index (χ1n) is 15.4. The molecule has 1 amide bonds. The smallest absolute Gasteiger partial charge is 0.410 e. The molecule has 1 aromatic heterocycles. The topological polar surface area (TPSA) is 138 Å². The highest BCUT2D eigenvalue weighted by Gasteiger charge is 2.25. The zero-order valence-corrected chi connectivity index (χ0v) is 26.5. The number of hydrogen-bond donors (Lipinski definition) is 3. The molecular formula is C36H42N2O8. The quantitative estimate of drug-likeness (QED) is 0.123. The summed E-state index contributed by atoms with van der Waals surface area (Å²) in [7, 11) is 0. The Kier molecular flexibility index (Phi) is 11.8. The van der Waals surface area contributed by atoms with E-state index in [-0.39, 0.29) is 17.7 Å². The number of ether oxygens (including phenoxy) is 3. The summed E-state index contributed by atoms with van der Waals surface area (Å²) in [5.74, 6) is -0.00876. The molecule has 0 saturated heterocycles. The molecule has 4 aromatic rings. The lowest BCUT2D eigenvalue weighted by atomic mass is 10.0. The van der Waals surface area contributed by atoms with Crippen LogP contribution in [0.25, 0.3) is 10.9 Å². The number of carboxylic acids is 1. The highest BCUT2D eigenvalue weighted by atomic mass is 16.6. The second-order valence-corrected chi connectivity index (χ2v) is 12.1. The lowest BCUT2D eigenvalue weighted by molar-refractivity contribution is 0.0141. The van der Waals surface area contributed by atoms with Crippen LogP contribution in [0.2, 0.25) is 0 Å². The number of carboxylic acid groups (broad SMARTS) is 1. The van der Waals surface area contributed by atoms with E-state index in [4.69, 9.17) is 19.3 Å². The van der Waals surface area contributed by atoms with Crippen molar-refractivity contribution >= 4 is 23.0 Å². The number of aromatic carboxylic acids is 1. The van der Waals surface area contributed by atoms with Crippen molar-refractivity contribution in [3.63, 3.8) is 0 Å². The minimum atomic E-state index is -1.06. The Labute approximate surface area is 268 Å². The number of hydrogen-bond acceptors (Lipinski definition) is 7. The summed E-state index contributed by atoms with van der Waals surface area (Å²) in [4.78, 5) is 40.9. The van der Waals surface area contributed by atoms with E-state index < -0.39 is 23.8 Å². The monoisotopic (exact) mass is 630 g/mol. The maximum absolute atomic E-state index is 13.2. The van der Waals surface area contributed by atoms with Crippen LogP contribution in [0.5, 0.6) is 11.5 Å². The SMILES string of the molecule is CC(C)(C)OC(=O)N(CCCCCCOc1cccc(C(=O)O)c1)CC(O)c1ccc(OCc2ccccc2)c2[nH]c(=O)ccc12. The van der Waals surface area contributed by atoms with Crippen LogP contribution in [-0.4, -0.2) is 57.5 Å². The molecule has 0 aliphatic carbocycles. The Morgan fingerprint density at radius 2 is 1.65 bits per heavy atom. The van der Waals surface area contributed by atoms with Gasteiger partial charge in [-0.1, -0.05) is 55.3 Å². The Balaban J connectivity index is 1.38. The first-order chi connectivity index (χ1) is 22.0. The standard InChI is InChI=1S/C36H42N2O8/c1-36(2,3)46-35(43)38(20-9-4-5-10-21-44-27-15-11-14-26(22-27)34(41)42)23-30(39)28-16-18-31(33-29(28)17-19-32(40)37-33)45-24-25-12-7-6-8-13-25/h6-8,11-19,22,30,39H,4-5,9-10,20-21,23-24H2,1-3H3,(H,37,40)(H,41,42). The number of aliphatic hydroxyl groups is 1. The fraction of sp³-hybridized carbons (Fsp3) is 0.361. The van der Waals surface area contributed by atoms with Gasteiger partial charge >= 0.3 is 12.1 Å². The molecule has 1 atom stereocenters. The number of unbranched alkanes of at least 4 members (excludes halogenated alkanes) is 3. The third kappa shape index (κ3) is 10.1. The largest absolute Gasteiger partial charge is 0.494 e. The average Bonchev–Trinajstić information content (AvgIpc) is 3.02. The zero-order valence-electron chi connectivity index (χ0n) is 26.5. The Morgan fingerprint density at radius 3 is 2.39 bits per heavy atom. The van der Waals surface area contributed by atoms with E-state index in [0.717, 1.165) is 24.8 Å². The highest BCUT2D eigenvalue weighted by molar-refractivity contribution is 5.88. The number of fused-ring (bicyclic) bond motifs is 1. The molecule has 0 aliphatic heterocycles. The van der Waals surface area contributed by atoms with Gasteiger partial charge in [0.2, 0.25) is 5.56 Å². The first kappa shape index (κ1) is 34.1. The number of aromatic amines is 1. The molecule has 0 saturated carbocycles. The fourth-order valence-corrected chi connectivity index (χ4v) is 4.95. The summed E-state index contributed by atoms with van der Waals surface area (Å²) in [5.41, 5.74) is 1.18. The van der Waals surface area contributed by atoms with Crippen molar-refractivity contribution < 1.29 is 34.0 Å². The van der Waals surface area contributed by atoms with Crippen LogP contribution in [0.15, 0.2) is 83.7 Å². The lowest BCUT2D eigenvalue weighted by Gasteiger charge is -2.29. The van der Waals surface area contributed by atoms with Crippen LogP contribution >= 0.6 is 0 Å². The third-order valence-electron chi connectivity index (χ3n) is 7.20. The van der Waals surface area contributed by atoms with Crippen LogP contribution in [0.1, 0.15) is 74.0 Å². The summed E-state index contributed by atoms with van der Waals surface area (Å²) in [6.45, 7) is 6.51. The number of carbonyl (C=O) groups is 2. The second kappa shape index (κ2) is 15.9. The molecular weight excluding hydrogens is 588 g/mol. The molecule has 0 fully saturated rings. The molecule has 244 valence electrons. The highest BCUT2D eigenvalue weighted by Crippen LogP contribution is 2.31.